The molecule has 0 aliphatic rings. The molecule has 0 saturated carbocycles. The van der Waals surface area contributed by atoms with E-state index in [1.807, 2.05) is 19.2 Å². The molecule has 0 rings (SSSR count). The van der Waals surface area contributed by atoms with E-state index in [0.29, 0.717) is 6.42 Å². The van der Waals surface area contributed by atoms with Crippen molar-refractivity contribution >= 4 is 35.5 Å². The first-order chi connectivity index (χ1) is 15.1. The van der Waals surface area contributed by atoms with Gasteiger partial charge in [0.2, 0.25) is 29.5 Å². The van der Waals surface area contributed by atoms with Crippen LogP contribution in [0, 0.1) is 5.92 Å². The SMILES string of the molecule is CC(C)CC(N)C(=O)NC(C(=O)NC(CCC(N)=O)C(=O)NC(CC(N)=O)C(=O)O)C(C)O. The van der Waals surface area contributed by atoms with Crippen molar-refractivity contribution in [1.29, 1.82) is 0 Å². The van der Waals surface area contributed by atoms with Gasteiger partial charge in [-0.3, -0.25) is 24.0 Å². The van der Waals surface area contributed by atoms with Crippen LogP contribution in [0.3, 0.4) is 0 Å². The first kappa shape index (κ1) is 29.7. The average molecular weight is 475 g/mol. The Bertz CT molecular complexity index is 742. The van der Waals surface area contributed by atoms with Crippen molar-refractivity contribution in [1.82, 2.24) is 16.0 Å². The lowest BCUT2D eigenvalue weighted by Crippen LogP contribution is -2.60. The molecule has 0 bridgehead atoms. The number of rotatable bonds is 15. The molecule has 0 aromatic rings. The van der Waals surface area contributed by atoms with Gasteiger partial charge in [-0.25, -0.2) is 4.79 Å². The summed E-state index contributed by atoms with van der Waals surface area (Å²) in [5, 5.41) is 25.7. The highest BCUT2D eigenvalue weighted by molar-refractivity contribution is 5.95. The van der Waals surface area contributed by atoms with Gasteiger partial charge in [-0.15, -0.1) is 0 Å². The Labute approximate surface area is 191 Å². The standard InChI is InChI=1S/C19H34N6O8/c1-8(2)6-10(20)16(29)25-15(9(3)26)18(31)23-11(4-5-13(21)27)17(30)24-12(19(32)33)7-14(22)28/h8-12,15,26H,4-7,20H2,1-3H3,(H2,21,27)(H2,22,28)(H,23,31)(H,24,30)(H,25,29)(H,32,33). The summed E-state index contributed by atoms with van der Waals surface area (Å²) in [6.45, 7) is 4.91. The number of nitrogens with one attached hydrogen (secondary N) is 3. The van der Waals surface area contributed by atoms with E-state index in [-0.39, 0.29) is 18.8 Å². The van der Waals surface area contributed by atoms with Crippen molar-refractivity contribution < 1.29 is 39.0 Å². The highest BCUT2D eigenvalue weighted by Crippen LogP contribution is 2.06. The van der Waals surface area contributed by atoms with E-state index in [1.54, 1.807) is 0 Å². The van der Waals surface area contributed by atoms with E-state index in [0.717, 1.165) is 0 Å². The summed E-state index contributed by atoms with van der Waals surface area (Å²) >= 11 is 0. The number of hydrogen-bond donors (Lipinski definition) is 8. The van der Waals surface area contributed by atoms with Gasteiger partial charge in [0.15, 0.2) is 0 Å². The molecular weight excluding hydrogens is 440 g/mol. The number of amides is 5. The van der Waals surface area contributed by atoms with Crippen molar-refractivity contribution in [2.24, 2.45) is 23.1 Å². The van der Waals surface area contributed by atoms with Crippen LogP contribution < -0.4 is 33.2 Å². The number of carbonyl (C=O) groups is 6. The topological polar surface area (TPSA) is 257 Å². The van der Waals surface area contributed by atoms with Crippen molar-refractivity contribution in [3.63, 3.8) is 0 Å². The molecule has 0 heterocycles. The third kappa shape index (κ3) is 11.8. The molecular formula is C19H34N6O8. The van der Waals surface area contributed by atoms with Gasteiger partial charge in [-0.1, -0.05) is 13.8 Å². The second-order valence-corrected chi connectivity index (χ2v) is 8.10. The summed E-state index contributed by atoms with van der Waals surface area (Å²) in [5.74, 6) is -5.96. The lowest BCUT2D eigenvalue weighted by Gasteiger charge is -2.26. The largest absolute Gasteiger partial charge is 0.480 e. The zero-order valence-corrected chi connectivity index (χ0v) is 18.9. The van der Waals surface area contributed by atoms with E-state index in [2.05, 4.69) is 10.6 Å². The lowest BCUT2D eigenvalue weighted by atomic mass is 10.0. The lowest BCUT2D eigenvalue weighted by molar-refractivity contribution is -0.144. The molecule has 5 atom stereocenters. The molecule has 0 aliphatic carbocycles. The van der Waals surface area contributed by atoms with Gasteiger partial charge in [0.1, 0.15) is 18.1 Å². The molecule has 14 nitrogen and oxygen atoms in total. The highest BCUT2D eigenvalue weighted by Gasteiger charge is 2.33. The molecule has 188 valence electrons. The molecule has 0 aromatic carbocycles. The van der Waals surface area contributed by atoms with Crippen molar-refractivity contribution in [2.45, 2.75) is 76.7 Å². The molecule has 0 aliphatic heterocycles. The van der Waals surface area contributed by atoms with Gasteiger partial charge in [0.05, 0.1) is 18.6 Å². The van der Waals surface area contributed by atoms with Crippen LogP contribution in [0.15, 0.2) is 0 Å². The zero-order chi connectivity index (χ0) is 25.9. The van der Waals surface area contributed by atoms with E-state index in [1.165, 1.54) is 6.92 Å². The van der Waals surface area contributed by atoms with E-state index in [9.17, 15) is 33.9 Å². The number of carbonyl (C=O) groups excluding carboxylic acids is 5. The predicted molar refractivity (Wildman–Crippen MR) is 115 cm³/mol. The minimum Gasteiger partial charge on any atom is -0.480 e. The number of carboxylic acids is 1. The van der Waals surface area contributed by atoms with Gasteiger partial charge in [0.25, 0.3) is 0 Å². The maximum Gasteiger partial charge on any atom is 0.326 e. The van der Waals surface area contributed by atoms with Crippen LogP contribution >= 0.6 is 0 Å². The predicted octanol–water partition coefficient (Wildman–Crippen LogP) is -3.58. The van der Waals surface area contributed by atoms with Crippen LogP contribution in [0.25, 0.3) is 0 Å². The van der Waals surface area contributed by atoms with Crippen LogP contribution in [0.4, 0.5) is 0 Å². The highest BCUT2D eigenvalue weighted by atomic mass is 16.4. The molecule has 33 heavy (non-hydrogen) atoms. The van der Waals surface area contributed by atoms with Crippen LogP contribution in [-0.4, -0.2) is 76.0 Å². The van der Waals surface area contributed by atoms with Gasteiger partial charge in [-0.2, -0.15) is 0 Å². The first-order valence-corrected chi connectivity index (χ1v) is 10.3. The van der Waals surface area contributed by atoms with Crippen LogP contribution in [0.5, 0.6) is 0 Å². The second kappa shape index (κ2) is 14.0. The number of aliphatic hydroxyl groups excluding tert-OH is 1. The van der Waals surface area contributed by atoms with Crippen LogP contribution in [0.2, 0.25) is 0 Å². The number of nitrogens with two attached hydrogens (primary N) is 3. The van der Waals surface area contributed by atoms with E-state index >= 15 is 0 Å². The molecule has 5 unspecified atom stereocenters. The number of primary amides is 2. The first-order valence-electron chi connectivity index (χ1n) is 10.3. The summed E-state index contributed by atoms with van der Waals surface area (Å²) < 4.78 is 0. The summed E-state index contributed by atoms with van der Waals surface area (Å²) in [5.41, 5.74) is 15.8. The Hall–Kier alpha value is -3.26. The molecule has 0 radical (unpaired) electrons. The average Bonchev–Trinajstić information content (AvgIpc) is 2.66. The number of aliphatic carboxylic acids is 1. The molecule has 5 amide bonds. The Morgan fingerprint density at radius 1 is 0.818 bits per heavy atom. The van der Waals surface area contributed by atoms with Gasteiger partial charge >= 0.3 is 5.97 Å². The second-order valence-electron chi connectivity index (χ2n) is 8.10. The van der Waals surface area contributed by atoms with Crippen LogP contribution in [0.1, 0.15) is 46.5 Å². The summed E-state index contributed by atoms with van der Waals surface area (Å²) in [6, 6.07) is -5.59. The summed E-state index contributed by atoms with van der Waals surface area (Å²) in [7, 11) is 0. The third-order valence-corrected chi connectivity index (χ3v) is 4.46. The smallest absolute Gasteiger partial charge is 0.326 e. The molecule has 14 heteroatoms. The number of carboxylic acid groups (broad SMARTS) is 1. The molecule has 0 saturated heterocycles. The number of aliphatic hydroxyl groups is 1. The zero-order valence-electron chi connectivity index (χ0n) is 18.9. The maximum atomic E-state index is 12.7. The van der Waals surface area contributed by atoms with Crippen molar-refractivity contribution in [2.75, 3.05) is 0 Å². The van der Waals surface area contributed by atoms with E-state index < -0.39 is 72.2 Å². The minimum absolute atomic E-state index is 0.0917. The van der Waals surface area contributed by atoms with Gasteiger partial charge in [0, 0.05) is 6.42 Å². The number of hydrogen-bond acceptors (Lipinski definition) is 8. The van der Waals surface area contributed by atoms with Gasteiger partial charge in [-0.05, 0) is 25.7 Å². The molecule has 0 spiro atoms. The fraction of sp³-hybridized carbons (Fsp3) is 0.684. The van der Waals surface area contributed by atoms with E-state index in [4.69, 9.17) is 22.3 Å². The molecule has 0 fully saturated rings. The monoisotopic (exact) mass is 474 g/mol. The summed E-state index contributed by atoms with van der Waals surface area (Å²) in [4.78, 5) is 71.0. The Kier molecular flexibility index (Phi) is 12.6. The quantitative estimate of drug-likeness (QED) is 0.116. The Morgan fingerprint density at radius 3 is 1.79 bits per heavy atom. The van der Waals surface area contributed by atoms with Crippen LogP contribution in [-0.2, 0) is 28.8 Å². The van der Waals surface area contributed by atoms with Crippen molar-refractivity contribution in [3.05, 3.63) is 0 Å². The van der Waals surface area contributed by atoms with Crippen molar-refractivity contribution in [3.8, 4) is 0 Å². The minimum atomic E-state index is -1.68. The Balaban J connectivity index is 5.52. The fourth-order valence-electron chi connectivity index (χ4n) is 2.77. The fourth-order valence-corrected chi connectivity index (χ4v) is 2.77. The molecule has 11 N–H and O–H groups in total. The molecule has 0 aromatic heterocycles. The third-order valence-electron chi connectivity index (χ3n) is 4.46. The maximum absolute atomic E-state index is 12.7. The summed E-state index contributed by atoms with van der Waals surface area (Å²) in [6.07, 6.45) is -2.45. The Morgan fingerprint density at radius 2 is 1.36 bits per heavy atom. The van der Waals surface area contributed by atoms with Gasteiger partial charge < -0.3 is 43.4 Å². The normalized spacial score (nSPS) is 15.5.